The molecule has 0 bridgehead atoms. The lowest BCUT2D eigenvalue weighted by Gasteiger charge is -2.16. The van der Waals surface area contributed by atoms with E-state index in [0.29, 0.717) is 6.54 Å². The molecule has 0 aromatic carbocycles. The van der Waals surface area contributed by atoms with Crippen molar-refractivity contribution in [3.8, 4) is 0 Å². The predicted molar refractivity (Wildman–Crippen MR) is 53.2 cm³/mol. The molecule has 6 nitrogen and oxygen atoms in total. The molecule has 6 heteroatoms. The van der Waals surface area contributed by atoms with Gasteiger partial charge in [-0.15, -0.1) is 0 Å². The van der Waals surface area contributed by atoms with E-state index in [9.17, 15) is 4.79 Å². The van der Waals surface area contributed by atoms with E-state index in [-0.39, 0.29) is 24.5 Å². The fourth-order valence-electron chi connectivity index (χ4n) is 1.57. The van der Waals surface area contributed by atoms with Crippen molar-refractivity contribution < 1.29 is 19.0 Å². The van der Waals surface area contributed by atoms with Gasteiger partial charge in [0.2, 0.25) is 0 Å². The molecule has 0 aromatic heterocycles. The van der Waals surface area contributed by atoms with Crippen LogP contribution in [0, 0.1) is 5.92 Å². The van der Waals surface area contributed by atoms with Crippen LogP contribution in [-0.2, 0) is 14.2 Å². The molecule has 0 spiro atoms. The molecule has 1 fully saturated rings. The van der Waals surface area contributed by atoms with Gasteiger partial charge in [0, 0.05) is 40.2 Å². The van der Waals surface area contributed by atoms with E-state index in [1.807, 2.05) is 0 Å². The third-order valence-electron chi connectivity index (χ3n) is 2.41. The molecule has 3 atom stereocenters. The minimum atomic E-state index is -0.313. The zero-order valence-corrected chi connectivity index (χ0v) is 9.28. The smallest absolute Gasteiger partial charge is 0.314 e. The van der Waals surface area contributed by atoms with Crippen LogP contribution in [0.3, 0.4) is 0 Å². The molecule has 88 valence electrons. The molecule has 1 aliphatic rings. The van der Waals surface area contributed by atoms with Crippen molar-refractivity contribution in [1.29, 1.82) is 0 Å². The minimum Gasteiger partial charge on any atom is -0.356 e. The van der Waals surface area contributed by atoms with Gasteiger partial charge in [-0.3, -0.25) is 0 Å². The molecule has 2 N–H and O–H groups in total. The Morgan fingerprint density at radius 3 is 2.73 bits per heavy atom. The van der Waals surface area contributed by atoms with E-state index in [1.165, 1.54) is 0 Å². The maximum absolute atomic E-state index is 11.0. The van der Waals surface area contributed by atoms with Gasteiger partial charge in [0.1, 0.15) is 0 Å². The molecule has 1 saturated heterocycles. The number of rotatable bonds is 4. The number of nitrogens with one attached hydrogen (secondary N) is 2. The van der Waals surface area contributed by atoms with Gasteiger partial charge in [0.25, 0.3) is 0 Å². The van der Waals surface area contributed by atoms with Gasteiger partial charge in [-0.25, -0.2) is 4.79 Å². The third kappa shape index (κ3) is 3.33. The largest absolute Gasteiger partial charge is 0.356 e. The summed E-state index contributed by atoms with van der Waals surface area (Å²) in [5, 5.41) is 5.20. The molecule has 0 aliphatic carbocycles. The first-order valence-corrected chi connectivity index (χ1v) is 4.88. The fourth-order valence-corrected chi connectivity index (χ4v) is 1.57. The van der Waals surface area contributed by atoms with E-state index in [1.54, 1.807) is 21.3 Å². The van der Waals surface area contributed by atoms with Gasteiger partial charge >= 0.3 is 6.03 Å². The second-order valence-electron chi connectivity index (χ2n) is 3.36. The van der Waals surface area contributed by atoms with Gasteiger partial charge in [-0.2, -0.15) is 0 Å². The number of methoxy groups -OCH3 is 2. The topological polar surface area (TPSA) is 68.8 Å². The number of hydrogen-bond acceptors (Lipinski definition) is 4. The summed E-state index contributed by atoms with van der Waals surface area (Å²) in [5.74, 6) is 0.122. The van der Waals surface area contributed by atoms with Gasteiger partial charge in [0.15, 0.2) is 12.6 Å². The first-order valence-electron chi connectivity index (χ1n) is 4.88. The molecular weight excluding hydrogens is 200 g/mol. The molecule has 1 rings (SSSR count). The average molecular weight is 218 g/mol. The first kappa shape index (κ1) is 12.2. The Morgan fingerprint density at radius 1 is 1.47 bits per heavy atom. The Morgan fingerprint density at radius 2 is 2.20 bits per heavy atom. The highest BCUT2D eigenvalue weighted by atomic mass is 16.8. The summed E-state index contributed by atoms with van der Waals surface area (Å²) in [6.07, 6.45) is 0.164. The second kappa shape index (κ2) is 5.89. The van der Waals surface area contributed by atoms with E-state index in [4.69, 9.17) is 14.2 Å². The quantitative estimate of drug-likeness (QED) is 0.691. The number of ether oxygens (including phenoxy) is 3. The number of urea groups is 1. The summed E-state index contributed by atoms with van der Waals surface area (Å²) >= 11 is 0. The zero-order valence-electron chi connectivity index (χ0n) is 9.28. The highest BCUT2D eigenvalue weighted by Crippen LogP contribution is 2.26. The second-order valence-corrected chi connectivity index (χ2v) is 3.36. The Bertz CT molecular complexity index is 212. The lowest BCUT2D eigenvalue weighted by Crippen LogP contribution is -2.38. The normalized spacial score (nSPS) is 30.2. The molecule has 3 unspecified atom stereocenters. The van der Waals surface area contributed by atoms with Crippen molar-refractivity contribution in [3.05, 3.63) is 0 Å². The van der Waals surface area contributed by atoms with Crippen LogP contribution in [0.25, 0.3) is 0 Å². The number of carbonyl (C=O) groups is 1. The van der Waals surface area contributed by atoms with Crippen LogP contribution < -0.4 is 10.6 Å². The average Bonchev–Trinajstić information content (AvgIpc) is 2.68. The van der Waals surface area contributed by atoms with Gasteiger partial charge in [0.05, 0.1) is 0 Å². The van der Waals surface area contributed by atoms with Crippen LogP contribution in [0.4, 0.5) is 4.79 Å². The molecule has 1 aliphatic heterocycles. The lowest BCUT2D eigenvalue weighted by molar-refractivity contribution is -0.192. The van der Waals surface area contributed by atoms with Crippen molar-refractivity contribution in [2.45, 2.75) is 19.0 Å². The monoisotopic (exact) mass is 218 g/mol. The standard InChI is InChI=1S/C9H18N2O4/c1-10-9(12)11-5-6-4-7(13-2)15-8(6)14-3/h6-8H,4-5H2,1-3H3,(H2,10,11,12). The maximum atomic E-state index is 11.0. The van der Waals surface area contributed by atoms with Crippen molar-refractivity contribution in [2.24, 2.45) is 5.92 Å². The fraction of sp³-hybridized carbons (Fsp3) is 0.889. The van der Waals surface area contributed by atoms with Crippen molar-refractivity contribution in [3.63, 3.8) is 0 Å². The maximum Gasteiger partial charge on any atom is 0.314 e. The SMILES string of the molecule is CNC(=O)NCC1CC(OC)OC1OC. The molecule has 0 radical (unpaired) electrons. The third-order valence-corrected chi connectivity index (χ3v) is 2.41. The van der Waals surface area contributed by atoms with Crippen LogP contribution in [0.5, 0.6) is 0 Å². The first-order chi connectivity index (χ1) is 7.21. The van der Waals surface area contributed by atoms with Gasteiger partial charge in [-0.05, 0) is 0 Å². The minimum absolute atomic E-state index is 0.122. The Labute approximate surface area is 89.3 Å². The summed E-state index contributed by atoms with van der Waals surface area (Å²) in [6.45, 7) is 0.512. The molecular formula is C9H18N2O4. The van der Waals surface area contributed by atoms with Gasteiger partial charge in [-0.1, -0.05) is 0 Å². The number of hydrogen-bond donors (Lipinski definition) is 2. The van der Waals surface area contributed by atoms with E-state index in [2.05, 4.69) is 10.6 Å². The molecule has 1 heterocycles. The Hall–Kier alpha value is -0.850. The Kier molecular flexibility index (Phi) is 4.80. The molecule has 0 saturated carbocycles. The van der Waals surface area contributed by atoms with Crippen molar-refractivity contribution >= 4 is 6.03 Å². The van der Waals surface area contributed by atoms with Crippen molar-refractivity contribution in [1.82, 2.24) is 10.6 Å². The van der Waals surface area contributed by atoms with Crippen LogP contribution >= 0.6 is 0 Å². The Balaban J connectivity index is 2.36. The van der Waals surface area contributed by atoms with Crippen LogP contribution in [0.15, 0.2) is 0 Å². The van der Waals surface area contributed by atoms with Crippen LogP contribution in [0.2, 0.25) is 0 Å². The summed E-state index contributed by atoms with van der Waals surface area (Å²) in [5.41, 5.74) is 0. The van der Waals surface area contributed by atoms with Crippen molar-refractivity contribution in [2.75, 3.05) is 27.8 Å². The van der Waals surface area contributed by atoms with E-state index >= 15 is 0 Å². The van der Waals surface area contributed by atoms with E-state index < -0.39 is 0 Å². The van der Waals surface area contributed by atoms with Crippen LogP contribution in [0.1, 0.15) is 6.42 Å². The van der Waals surface area contributed by atoms with Crippen LogP contribution in [-0.4, -0.2) is 46.4 Å². The summed E-state index contributed by atoms with van der Waals surface area (Å²) < 4.78 is 15.6. The lowest BCUT2D eigenvalue weighted by atomic mass is 10.1. The highest BCUT2D eigenvalue weighted by Gasteiger charge is 2.35. The number of amides is 2. The zero-order chi connectivity index (χ0) is 11.3. The summed E-state index contributed by atoms with van der Waals surface area (Å²) in [6, 6.07) is -0.203. The summed E-state index contributed by atoms with van der Waals surface area (Å²) in [4.78, 5) is 11.0. The molecule has 0 aromatic rings. The molecule has 15 heavy (non-hydrogen) atoms. The molecule has 2 amide bonds. The number of carbonyl (C=O) groups excluding carboxylic acids is 1. The predicted octanol–water partition coefficient (Wildman–Crippen LogP) is -0.103. The van der Waals surface area contributed by atoms with E-state index in [0.717, 1.165) is 6.42 Å². The summed E-state index contributed by atoms with van der Waals surface area (Å²) in [7, 11) is 4.74. The highest BCUT2D eigenvalue weighted by molar-refractivity contribution is 5.73. The van der Waals surface area contributed by atoms with Gasteiger partial charge < -0.3 is 24.8 Å².